The zero-order chi connectivity index (χ0) is 28.2. The van der Waals surface area contributed by atoms with Crippen LogP contribution in [0.1, 0.15) is 52.7 Å². The van der Waals surface area contributed by atoms with Crippen molar-refractivity contribution < 1.29 is 23.6 Å². The first-order chi connectivity index (χ1) is 18.5. The molecule has 0 atom stereocenters. The second-order valence-electron chi connectivity index (χ2n) is 10.9. The van der Waals surface area contributed by atoms with E-state index in [9.17, 15) is 9.59 Å². The van der Waals surface area contributed by atoms with Crippen molar-refractivity contribution >= 4 is 29.0 Å². The average Bonchev–Trinajstić information content (AvgIpc) is 3.23. The fraction of sp³-hybridized carbons (Fsp3) is 0.364. The summed E-state index contributed by atoms with van der Waals surface area (Å²) in [5, 5.41) is 0. The summed E-state index contributed by atoms with van der Waals surface area (Å²) in [6.45, 7) is 13.6. The molecule has 0 aliphatic carbocycles. The predicted molar refractivity (Wildman–Crippen MR) is 156 cm³/mol. The van der Waals surface area contributed by atoms with Crippen molar-refractivity contribution in [2.45, 2.75) is 52.4 Å². The number of anilines is 1. The van der Waals surface area contributed by atoms with Crippen LogP contribution in [-0.2, 0) is 29.9 Å². The minimum atomic E-state index is -0.270. The summed E-state index contributed by atoms with van der Waals surface area (Å²) in [4.78, 5) is 24.9. The molecule has 0 amide bonds. The quantitative estimate of drug-likeness (QED) is 0.228. The molecule has 0 saturated carbocycles. The molecule has 0 spiro atoms. The van der Waals surface area contributed by atoms with Crippen LogP contribution < -0.4 is 4.90 Å². The highest BCUT2D eigenvalue weighted by Gasteiger charge is 2.44. The Bertz CT molecular complexity index is 1380. The predicted octanol–water partition coefficient (Wildman–Crippen LogP) is 5.98. The molecular formula is C33H39N2O4+. The van der Waals surface area contributed by atoms with Gasteiger partial charge in [-0.1, -0.05) is 68.5 Å². The average molecular weight is 528 g/mol. The summed E-state index contributed by atoms with van der Waals surface area (Å²) in [6, 6.07) is 16.8. The van der Waals surface area contributed by atoms with Crippen molar-refractivity contribution in [1.82, 2.24) is 0 Å². The Morgan fingerprint density at radius 2 is 1.46 bits per heavy atom. The van der Waals surface area contributed by atoms with Crippen molar-refractivity contribution in [3.63, 3.8) is 0 Å². The lowest BCUT2D eigenvalue weighted by Crippen LogP contribution is -2.29. The maximum atomic E-state index is 11.4. The van der Waals surface area contributed by atoms with Gasteiger partial charge in [-0.15, -0.1) is 0 Å². The molecule has 0 radical (unpaired) electrons. The van der Waals surface area contributed by atoms with Crippen molar-refractivity contribution in [3.8, 4) is 0 Å². The number of hydrogen-bond acceptors (Lipinski definition) is 5. The molecule has 0 bridgehead atoms. The highest BCUT2D eigenvalue weighted by Crippen LogP contribution is 2.47. The molecular weight excluding hydrogens is 488 g/mol. The van der Waals surface area contributed by atoms with E-state index in [2.05, 4.69) is 97.9 Å². The molecule has 39 heavy (non-hydrogen) atoms. The molecule has 6 nitrogen and oxygen atoms in total. The van der Waals surface area contributed by atoms with E-state index >= 15 is 0 Å². The normalized spacial score (nSPS) is 18.2. The van der Waals surface area contributed by atoms with Crippen molar-refractivity contribution in [1.29, 1.82) is 0 Å². The number of carbonyl (C=O) groups excluding carboxylic acids is 2. The fourth-order valence-corrected chi connectivity index (χ4v) is 5.68. The molecule has 0 fully saturated rings. The van der Waals surface area contributed by atoms with E-state index in [0.717, 1.165) is 22.8 Å². The summed E-state index contributed by atoms with van der Waals surface area (Å²) in [6.07, 6.45) is 10.5. The third-order valence-corrected chi connectivity index (χ3v) is 7.57. The van der Waals surface area contributed by atoms with Gasteiger partial charge >= 0.3 is 11.9 Å². The number of benzene rings is 2. The lowest BCUT2D eigenvalue weighted by molar-refractivity contribution is -0.440. The van der Waals surface area contributed by atoms with Gasteiger partial charge in [0.05, 0.1) is 12.0 Å². The van der Waals surface area contributed by atoms with Crippen LogP contribution in [0.4, 0.5) is 11.4 Å². The standard InChI is InChI=1S/C33H39N2O4/c1-24(36)38-22-20-34-28-16-12-10-14-26(28)32(3,4)30(34)18-8-7-9-19-31-33(5,6)27-15-11-13-17-29(27)35(31)21-23-39-25(2)37/h7-19H,20-23H2,1-6H3/q+1. The van der Waals surface area contributed by atoms with Crippen LogP contribution in [0.15, 0.2) is 84.6 Å². The van der Waals surface area contributed by atoms with E-state index in [1.807, 2.05) is 18.2 Å². The second kappa shape index (κ2) is 11.4. The number of carbonyl (C=O) groups is 2. The van der Waals surface area contributed by atoms with Crippen LogP contribution in [0, 0.1) is 0 Å². The van der Waals surface area contributed by atoms with E-state index in [-0.39, 0.29) is 22.8 Å². The highest BCUT2D eigenvalue weighted by molar-refractivity contribution is 6.03. The molecule has 2 aromatic carbocycles. The number of esters is 2. The molecule has 2 aromatic rings. The Balaban J connectivity index is 1.60. The first-order valence-electron chi connectivity index (χ1n) is 13.5. The van der Waals surface area contributed by atoms with E-state index in [4.69, 9.17) is 9.47 Å². The number of ether oxygens (including phenoxy) is 2. The van der Waals surface area contributed by atoms with Crippen LogP contribution in [0.25, 0.3) is 0 Å². The van der Waals surface area contributed by atoms with Gasteiger partial charge in [0.25, 0.3) is 0 Å². The van der Waals surface area contributed by atoms with Crippen molar-refractivity contribution in [2.24, 2.45) is 0 Å². The highest BCUT2D eigenvalue weighted by atomic mass is 16.5. The third kappa shape index (κ3) is 5.75. The lowest BCUT2D eigenvalue weighted by atomic mass is 9.81. The maximum Gasteiger partial charge on any atom is 0.302 e. The van der Waals surface area contributed by atoms with E-state index in [0.29, 0.717) is 26.3 Å². The molecule has 0 saturated heterocycles. The van der Waals surface area contributed by atoms with Gasteiger partial charge in [-0.3, -0.25) is 9.59 Å². The third-order valence-electron chi connectivity index (χ3n) is 7.57. The SMILES string of the molecule is CC(=O)OCCN1C(=CC=CC=CC2=[N+](CCOC(C)=O)c3ccccc3C2(C)C)C(C)(C)c2ccccc21. The summed E-state index contributed by atoms with van der Waals surface area (Å²) < 4.78 is 12.8. The number of para-hydroxylation sites is 2. The minimum Gasteiger partial charge on any atom is -0.464 e. The Hall–Kier alpha value is -3.93. The Kier molecular flexibility index (Phi) is 8.24. The van der Waals surface area contributed by atoms with Crippen molar-refractivity contribution in [2.75, 3.05) is 31.2 Å². The second-order valence-corrected chi connectivity index (χ2v) is 10.9. The van der Waals surface area contributed by atoms with Gasteiger partial charge in [-0.2, -0.15) is 4.58 Å². The van der Waals surface area contributed by atoms with Crippen LogP contribution in [-0.4, -0.2) is 48.5 Å². The molecule has 0 aromatic heterocycles. The lowest BCUT2D eigenvalue weighted by Gasteiger charge is -2.26. The molecule has 4 rings (SSSR count). The van der Waals surface area contributed by atoms with Gasteiger partial charge in [-0.05, 0) is 31.6 Å². The van der Waals surface area contributed by atoms with Gasteiger partial charge < -0.3 is 14.4 Å². The molecule has 2 aliphatic heterocycles. The zero-order valence-corrected chi connectivity index (χ0v) is 23.9. The van der Waals surface area contributed by atoms with E-state index in [1.54, 1.807) is 0 Å². The molecule has 6 heteroatoms. The number of rotatable bonds is 9. The molecule has 2 aliphatic rings. The van der Waals surface area contributed by atoms with E-state index in [1.165, 1.54) is 25.0 Å². The number of fused-ring (bicyclic) bond motifs is 2. The van der Waals surface area contributed by atoms with Gasteiger partial charge in [0, 0.05) is 48.4 Å². The number of hydrogen-bond donors (Lipinski definition) is 0. The van der Waals surface area contributed by atoms with Gasteiger partial charge in [0.2, 0.25) is 5.69 Å². The summed E-state index contributed by atoms with van der Waals surface area (Å²) in [5.74, 6) is -0.539. The van der Waals surface area contributed by atoms with Crippen LogP contribution >= 0.6 is 0 Å². The first-order valence-corrected chi connectivity index (χ1v) is 13.5. The van der Waals surface area contributed by atoms with Crippen LogP contribution in [0.2, 0.25) is 0 Å². The maximum absolute atomic E-state index is 11.4. The van der Waals surface area contributed by atoms with Gasteiger partial charge in [0.15, 0.2) is 18.9 Å². The Morgan fingerprint density at radius 3 is 2.18 bits per heavy atom. The van der Waals surface area contributed by atoms with Crippen molar-refractivity contribution in [3.05, 3.63) is 95.7 Å². The Labute approximate surface area is 231 Å². The molecule has 0 N–H and O–H groups in total. The van der Waals surface area contributed by atoms with Crippen LogP contribution in [0.3, 0.4) is 0 Å². The molecule has 204 valence electrons. The Morgan fingerprint density at radius 1 is 0.821 bits per heavy atom. The number of allylic oxidation sites excluding steroid dienone is 6. The molecule has 0 unspecified atom stereocenters. The topological polar surface area (TPSA) is 58.9 Å². The molecule has 2 heterocycles. The minimum absolute atomic E-state index is 0.182. The zero-order valence-electron chi connectivity index (χ0n) is 23.9. The summed E-state index contributed by atoms with van der Waals surface area (Å²) >= 11 is 0. The smallest absolute Gasteiger partial charge is 0.302 e. The van der Waals surface area contributed by atoms with Gasteiger partial charge in [-0.25, -0.2) is 0 Å². The largest absolute Gasteiger partial charge is 0.464 e. The summed E-state index contributed by atoms with van der Waals surface area (Å²) in [7, 11) is 0. The first kappa shape index (κ1) is 28.1. The van der Waals surface area contributed by atoms with Crippen LogP contribution in [0.5, 0.6) is 0 Å². The fourth-order valence-electron chi connectivity index (χ4n) is 5.68. The summed E-state index contributed by atoms with van der Waals surface area (Å²) in [5.41, 5.74) is 6.76. The number of nitrogens with zero attached hydrogens (tertiary/aromatic N) is 2. The van der Waals surface area contributed by atoms with Gasteiger partial charge in [0.1, 0.15) is 6.61 Å². The van der Waals surface area contributed by atoms with E-state index < -0.39 is 0 Å². The monoisotopic (exact) mass is 527 g/mol.